The van der Waals surface area contributed by atoms with Crippen molar-refractivity contribution in [3.05, 3.63) is 51.6 Å². The normalized spacial score (nSPS) is 28.8. The fourth-order valence-electron chi connectivity index (χ4n) is 5.97. The van der Waals surface area contributed by atoms with Gasteiger partial charge in [0.2, 0.25) is 12.2 Å². The van der Waals surface area contributed by atoms with Crippen molar-refractivity contribution in [1.82, 2.24) is 5.32 Å². The molecule has 1 heterocycles. The number of aromatic hydroxyl groups is 2. The summed E-state index contributed by atoms with van der Waals surface area (Å²) in [5.74, 6) is -3.93. The maximum atomic E-state index is 13.7. The summed E-state index contributed by atoms with van der Waals surface area (Å²) in [6.45, 7) is 0.490. The van der Waals surface area contributed by atoms with Crippen molar-refractivity contribution in [1.29, 1.82) is 0 Å². The van der Waals surface area contributed by atoms with E-state index < -0.39 is 95.7 Å². The standard InChI is InChI=1S/C28H29NO12/c1-11-23(33)14(29-10-31)6-18(40-11)41-16-8-28(38,17(32)9-30)7-13-20(16)27(37)22-21(25(13)35)24(34)12-4-3-5-15(39-2)19(12)26(22)36/h3-5,10-11,14,16,18,23,30,33,35,37-38H,6-9H2,1-2H3,(H,29,31)/t11?,14?,16-,18?,23?,28-/m0/s1. The number of carbonyl (C=O) groups excluding carboxylic acids is 4. The Labute approximate surface area is 233 Å². The summed E-state index contributed by atoms with van der Waals surface area (Å²) in [5, 5.41) is 56.6. The SMILES string of the molecule is COc1cccc2c1C(=O)c1c(O)c3c(c(O)c1C2=O)C[C@@](O)(C(=O)CO)C[C@@H]3OC1CC(NC=O)C(O)C(C)O1. The number of aliphatic hydroxyl groups excluding tert-OH is 2. The molecule has 218 valence electrons. The lowest BCUT2D eigenvalue weighted by molar-refractivity contribution is -0.249. The van der Waals surface area contributed by atoms with Crippen molar-refractivity contribution < 1.29 is 58.9 Å². The second-order valence-corrected chi connectivity index (χ2v) is 10.4. The monoisotopic (exact) mass is 571 g/mol. The number of rotatable bonds is 7. The average molecular weight is 572 g/mol. The van der Waals surface area contributed by atoms with E-state index in [-0.39, 0.29) is 34.4 Å². The summed E-state index contributed by atoms with van der Waals surface area (Å²) >= 11 is 0. The molecule has 2 aliphatic carbocycles. The minimum Gasteiger partial charge on any atom is -0.507 e. The molecule has 0 bridgehead atoms. The van der Waals surface area contributed by atoms with Crippen molar-refractivity contribution in [3.8, 4) is 17.2 Å². The van der Waals surface area contributed by atoms with Gasteiger partial charge in [-0.3, -0.25) is 19.2 Å². The van der Waals surface area contributed by atoms with Crippen LogP contribution in [0.5, 0.6) is 17.2 Å². The van der Waals surface area contributed by atoms with E-state index >= 15 is 0 Å². The molecule has 13 heteroatoms. The van der Waals surface area contributed by atoms with Crippen LogP contribution in [-0.4, -0.2) is 93.1 Å². The van der Waals surface area contributed by atoms with Gasteiger partial charge in [0.05, 0.1) is 42.0 Å². The van der Waals surface area contributed by atoms with Crippen LogP contribution < -0.4 is 10.1 Å². The van der Waals surface area contributed by atoms with Gasteiger partial charge in [0.15, 0.2) is 17.9 Å². The summed E-state index contributed by atoms with van der Waals surface area (Å²) in [4.78, 5) is 50.9. The molecule has 3 aliphatic rings. The highest BCUT2D eigenvalue weighted by molar-refractivity contribution is 6.31. The second kappa shape index (κ2) is 10.5. The Bertz CT molecular complexity index is 1450. The van der Waals surface area contributed by atoms with E-state index in [4.69, 9.17) is 14.2 Å². The predicted molar refractivity (Wildman–Crippen MR) is 137 cm³/mol. The molecule has 4 unspecified atom stereocenters. The quantitative estimate of drug-likeness (QED) is 0.161. The summed E-state index contributed by atoms with van der Waals surface area (Å²) in [7, 11) is 1.31. The molecular weight excluding hydrogens is 542 g/mol. The molecule has 1 amide bonds. The fourth-order valence-corrected chi connectivity index (χ4v) is 5.97. The molecular formula is C28H29NO12. The van der Waals surface area contributed by atoms with Crippen LogP contribution in [0, 0.1) is 0 Å². The Morgan fingerprint density at radius 3 is 2.54 bits per heavy atom. The van der Waals surface area contributed by atoms with E-state index in [1.54, 1.807) is 0 Å². The van der Waals surface area contributed by atoms with Crippen LogP contribution in [-0.2, 0) is 25.5 Å². The number of ether oxygens (including phenoxy) is 3. The Morgan fingerprint density at radius 1 is 1.17 bits per heavy atom. The number of hydrogen-bond acceptors (Lipinski definition) is 12. The number of nitrogens with one attached hydrogen (secondary N) is 1. The molecule has 1 saturated heterocycles. The maximum absolute atomic E-state index is 13.7. The predicted octanol–water partition coefficient (Wildman–Crippen LogP) is -0.211. The summed E-state index contributed by atoms with van der Waals surface area (Å²) in [6, 6.07) is 3.54. The van der Waals surface area contributed by atoms with E-state index in [0.29, 0.717) is 6.41 Å². The van der Waals surface area contributed by atoms with Gasteiger partial charge in [0, 0.05) is 36.0 Å². The van der Waals surface area contributed by atoms with Crippen LogP contribution >= 0.6 is 0 Å². The smallest absolute Gasteiger partial charge is 0.207 e. The van der Waals surface area contributed by atoms with E-state index in [9.17, 15) is 44.7 Å². The Kier molecular flexibility index (Phi) is 7.34. The number of carbonyl (C=O) groups is 4. The Hall–Kier alpha value is -3.88. The van der Waals surface area contributed by atoms with Gasteiger partial charge in [-0.2, -0.15) is 0 Å². The number of benzene rings is 2. The number of aliphatic hydroxyl groups is 3. The summed E-state index contributed by atoms with van der Waals surface area (Å²) < 4.78 is 17.1. The minimum atomic E-state index is -2.28. The van der Waals surface area contributed by atoms with E-state index in [1.807, 2.05) is 0 Å². The zero-order chi connectivity index (χ0) is 29.8. The van der Waals surface area contributed by atoms with Gasteiger partial charge >= 0.3 is 0 Å². The average Bonchev–Trinajstić information content (AvgIpc) is 2.95. The Morgan fingerprint density at radius 2 is 1.88 bits per heavy atom. The lowest BCUT2D eigenvalue weighted by Crippen LogP contribution is -2.54. The zero-order valence-corrected chi connectivity index (χ0v) is 22.1. The number of fused-ring (bicyclic) bond motifs is 3. The van der Waals surface area contributed by atoms with Gasteiger partial charge in [-0.25, -0.2) is 0 Å². The fraction of sp³-hybridized carbons (Fsp3) is 0.429. The maximum Gasteiger partial charge on any atom is 0.207 e. The Balaban J connectivity index is 1.66. The van der Waals surface area contributed by atoms with Crippen molar-refractivity contribution in [2.45, 2.75) is 62.4 Å². The third-order valence-corrected chi connectivity index (χ3v) is 8.04. The van der Waals surface area contributed by atoms with Crippen LogP contribution in [0.1, 0.15) is 68.8 Å². The van der Waals surface area contributed by atoms with Crippen LogP contribution in [0.3, 0.4) is 0 Å². The number of phenols is 2. The van der Waals surface area contributed by atoms with Crippen molar-refractivity contribution in [3.63, 3.8) is 0 Å². The molecule has 0 saturated carbocycles. The molecule has 2 aromatic carbocycles. The zero-order valence-electron chi connectivity index (χ0n) is 22.1. The van der Waals surface area contributed by atoms with Crippen LogP contribution in [0.25, 0.3) is 0 Å². The van der Waals surface area contributed by atoms with Crippen molar-refractivity contribution >= 4 is 23.8 Å². The molecule has 5 rings (SSSR count). The van der Waals surface area contributed by atoms with Gasteiger partial charge in [-0.05, 0) is 13.0 Å². The molecule has 1 aliphatic heterocycles. The number of methoxy groups -OCH3 is 1. The molecule has 0 radical (unpaired) electrons. The van der Waals surface area contributed by atoms with Crippen LogP contribution in [0.4, 0.5) is 0 Å². The molecule has 2 aromatic rings. The van der Waals surface area contributed by atoms with Gasteiger partial charge < -0.3 is 45.1 Å². The van der Waals surface area contributed by atoms with Crippen molar-refractivity contribution in [2.75, 3.05) is 13.7 Å². The first kappa shape index (κ1) is 28.6. The molecule has 0 spiro atoms. The molecule has 13 nitrogen and oxygen atoms in total. The molecule has 1 fully saturated rings. The van der Waals surface area contributed by atoms with Gasteiger partial charge in [-0.15, -0.1) is 0 Å². The first-order chi connectivity index (χ1) is 19.5. The summed E-state index contributed by atoms with van der Waals surface area (Å²) in [6.07, 6.45) is -5.22. The molecule has 0 aromatic heterocycles. The molecule has 6 atom stereocenters. The highest BCUT2D eigenvalue weighted by atomic mass is 16.7. The largest absolute Gasteiger partial charge is 0.507 e. The number of Topliss-reactive ketones (excluding diaryl/α,β-unsaturated/α-hetero) is 1. The first-order valence-corrected chi connectivity index (χ1v) is 12.9. The highest BCUT2D eigenvalue weighted by Gasteiger charge is 2.50. The van der Waals surface area contributed by atoms with Crippen LogP contribution in [0.2, 0.25) is 0 Å². The third kappa shape index (κ3) is 4.46. The van der Waals surface area contributed by atoms with E-state index in [1.165, 1.54) is 32.2 Å². The highest BCUT2D eigenvalue weighted by Crippen LogP contribution is 2.52. The second-order valence-electron chi connectivity index (χ2n) is 10.4. The summed E-state index contributed by atoms with van der Waals surface area (Å²) in [5.41, 5.74) is -3.84. The van der Waals surface area contributed by atoms with Crippen LogP contribution in [0.15, 0.2) is 18.2 Å². The number of hydrogen-bond donors (Lipinski definition) is 6. The van der Waals surface area contributed by atoms with Crippen molar-refractivity contribution in [2.24, 2.45) is 0 Å². The van der Waals surface area contributed by atoms with Gasteiger partial charge in [-0.1, -0.05) is 12.1 Å². The number of amides is 1. The van der Waals surface area contributed by atoms with Gasteiger partial charge in [0.1, 0.15) is 35.6 Å². The first-order valence-electron chi connectivity index (χ1n) is 12.9. The van der Waals surface area contributed by atoms with Gasteiger partial charge in [0.25, 0.3) is 0 Å². The molecule has 41 heavy (non-hydrogen) atoms. The third-order valence-electron chi connectivity index (χ3n) is 8.04. The lowest BCUT2D eigenvalue weighted by atomic mass is 9.72. The van der Waals surface area contributed by atoms with E-state index in [0.717, 1.165) is 0 Å². The minimum absolute atomic E-state index is 0.0673. The van der Waals surface area contributed by atoms with E-state index in [2.05, 4.69) is 5.32 Å². The topological polar surface area (TPSA) is 209 Å². The lowest BCUT2D eigenvalue weighted by Gasteiger charge is -2.42. The molecule has 6 N–H and O–H groups in total. The number of phenolic OH excluding ortho intramolecular Hbond substituents is 2. The number of ketones is 3.